The van der Waals surface area contributed by atoms with Gasteiger partial charge in [0.1, 0.15) is 5.69 Å². The number of H-pyrrole nitrogens is 1. The van der Waals surface area contributed by atoms with Crippen LogP contribution in [0, 0.1) is 5.92 Å². The highest BCUT2D eigenvalue weighted by molar-refractivity contribution is 5.96. The number of likely N-dealkylation sites (tertiary alicyclic amines) is 1. The van der Waals surface area contributed by atoms with Crippen LogP contribution in [0.3, 0.4) is 0 Å². The molecule has 3 aromatic rings. The third-order valence-corrected chi connectivity index (χ3v) is 5.56. The van der Waals surface area contributed by atoms with Crippen molar-refractivity contribution in [2.24, 2.45) is 5.92 Å². The number of ether oxygens (including phenoxy) is 1. The van der Waals surface area contributed by atoms with Crippen LogP contribution in [0.4, 0.5) is 5.69 Å². The molecule has 0 saturated carbocycles. The van der Waals surface area contributed by atoms with Crippen LogP contribution in [-0.4, -0.2) is 57.6 Å². The monoisotopic (exact) mass is 447 g/mol. The van der Waals surface area contributed by atoms with Gasteiger partial charge in [-0.25, -0.2) is 4.79 Å². The molecule has 1 aliphatic heterocycles. The van der Waals surface area contributed by atoms with Crippen molar-refractivity contribution < 1.29 is 19.1 Å². The Balaban J connectivity index is 1.32. The van der Waals surface area contributed by atoms with Gasteiger partial charge in [0, 0.05) is 42.7 Å². The van der Waals surface area contributed by atoms with E-state index >= 15 is 0 Å². The molecule has 0 unspecified atom stereocenters. The molecule has 1 fully saturated rings. The third-order valence-electron chi connectivity index (χ3n) is 5.56. The molecule has 1 aliphatic rings. The number of benzene rings is 1. The quantitative estimate of drug-likeness (QED) is 0.561. The number of hydrogen-bond acceptors (Lipinski definition) is 6. The molecule has 170 valence electrons. The molecule has 9 heteroatoms. The molecule has 2 amide bonds. The maximum absolute atomic E-state index is 12.9. The first-order valence-corrected chi connectivity index (χ1v) is 10.9. The summed E-state index contributed by atoms with van der Waals surface area (Å²) >= 11 is 0. The van der Waals surface area contributed by atoms with Crippen LogP contribution < -0.4 is 5.32 Å². The number of piperidine rings is 1. The van der Waals surface area contributed by atoms with Gasteiger partial charge in [-0.2, -0.15) is 5.10 Å². The summed E-state index contributed by atoms with van der Waals surface area (Å²) in [5, 5.41) is 9.89. The Labute approximate surface area is 191 Å². The molecule has 1 saturated heterocycles. The second-order valence-electron chi connectivity index (χ2n) is 7.77. The first-order chi connectivity index (χ1) is 16.0. The average Bonchev–Trinajstić information content (AvgIpc) is 3.35. The molecule has 2 N–H and O–H groups in total. The van der Waals surface area contributed by atoms with E-state index in [0.29, 0.717) is 48.6 Å². The van der Waals surface area contributed by atoms with Crippen molar-refractivity contribution in [2.45, 2.75) is 19.8 Å². The lowest BCUT2D eigenvalue weighted by molar-refractivity contribution is -0.121. The molecule has 0 spiro atoms. The molecular weight excluding hydrogens is 422 g/mol. The van der Waals surface area contributed by atoms with Crippen molar-refractivity contribution in [1.29, 1.82) is 0 Å². The van der Waals surface area contributed by atoms with Gasteiger partial charge in [-0.05, 0) is 56.2 Å². The Kier molecular flexibility index (Phi) is 6.77. The highest BCUT2D eigenvalue weighted by Gasteiger charge is 2.29. The van der Waals surface area contributed by atoms with Crippen LogP contribution in [0.15, 0.2) is 54.9 Å². The molecular formula is C24H25N5O4. The Bertz CT molecular complexity index is 1140. The summed E-state index contributed by atoms with van der Waals surface area (Å²) in [5.74, 6) is -0.902. The van der Waals surface area contributed by atoms with Crippen molar-refractivity contribution in [2.75, 3.05) is 25.0 Å². The van der Waals surface area contributed by atoms with Gasteiger partial charge < -0.3 is 15.0 Å². The molecule has 0 aliphatic carbocycles. The summed E-state index contributed by atoms with van der Waals surface area (Å²) in [6.45, 7) is 2.98. The minimum Gasteiger partial charge on any atom is -0.462 e. The van der Waals surface area contributed by atoms with Crippen molar-refractivity contribution in [3.8, 4) is 11.3 Å². The summed E-state index contributed by atoms with van der Waals surface area (Å²) in [7, 11) is 0. The van der Waals surface area contributed by atoms with E-state index in [0.717, 1.165) is 5.56 Å². The van der Waals surface area contributed by atoms with Gasteiger partial charge in [0.05, 0.1) is 17.9 Å². The van der Waals surface area contributed by atoms with Crippen molar-refractivity contribution in [3.05, 3.63) is 66.1 Å². The van der Waals surface area contributed by atoms with E-state index in [4.69, 9.17) is 4.74 Å². The van der Waals surface area contributed by atoms with Gasteiger partial charge >= 0.3 is 5.97 Å². The summed E-state index contributed by atoms with van der Waals surface area (Å²) in [6.07, 6.45) is 4.48. The van der Waals surface area contributed by atoms with E-state index < -0.39 is 5.97 Å². The predicted octanol–water partition coefficient (Wildman–Crippen LogP) is 3.14. The zero-order chi connectivity index (χ0) is 23.2. The lowest BCUT2D eigenvalue weighted by Gasteiger charge is -2.31. The normalized spacial score (nSPS) is 14.0. The molecule has 2 aromatic heterocycles. The standard InChI is InChI=1S/C24H25N5O4/c1-2-33-24(32)17-5-3-7-19(13-17)26-22(30)16-8-11-29(12-9-16)23(31)21-14-20(27-28-21)18-6-4-10-25-15-18/h3-7,10,13-16H,2,8-9,11-12H2,1H3,(H,26,30)(H,27,28). The number of aromatic nitrogens is 3. The number of nitrogens with one attached hydrogen (secondary N) is 2. The zero-order valence-corrected chi connectivity index (χ0v) is 18.3. The fourth-order valence-corrected chi connectivity index (χ4v) is 3.79. The van der Waals surface area contributed by atoms with E-state index in [1.54, 1.807) is 54.5 Å². The molecule has 9 nitrogen and oxygen atoms in total. The van der Waals surface area contributed by atoms with E-state index in [1.807, 2.05) is 12.1 Å². The van der Waals surface area contributed by atoms with Crippen LogP contribution >= 0.6 is 0 Å². The highest BCUT2D eigenvalue weighted by atomic mass is 16.5. The fourth-order valence-electron chi connectivity index (χ4n) is 3.79. The number of amides is 2. The minimum absolute atomic E-state index is 0.122. The van der Waals surface area contributed by atoms with Crippen LogP contribution in [0.5, 0.6) is 0 Å². The number of hydrogen-bond donors (Lipinski definition) is 2. The molecule has 1 aromatic carbocycles. The maximum Gasteiger partial charge on any atom is 0.338 e. The summed E-state index contributed by atoms with van der Waals surface area (Å²) < 4.78 is 5.00. The summed E-state index contributed by atoms with van der Waals surface area (Å²) in [5.41, 5.74) is 2.83. The van der Waals surface area contributed by atoms with Gasteiger partial charge in [0.25, 0.3) is 5.91 Å². The first-order valence-electron chi connectivity index (χ1n) is 10.9. The van der Waals surface area contributed by atoms with Gasteiger partial charge in [0.2, 0.25) is 5.91 Å². The Morgan fingerprint density at radius 3 is 2.70 bits per heavy atom. The number of esters is 1. The number of rotatable bonds is 6. The number of aromatic amines is 1. The van der Waals surface area contributed by atoms with Gasteiger partial charge in [0.15, 0.2) is 0 Å². The molecule has 0 radical (unpaired) electrons. The summed E-state index contributed by atoms with van der Waals surface area (Å²) in [6, 6.07) is 12.1. The van der Waals surface area contributed by atoms with Crippen molar-refractivity contribution in [1.82, 2.24) is 20.1 Å². The summed E-state index contributed by atoms with van der Waals surface area (Å²) in [4.78, 5) is 43.3. The molecule has 3 heterocycles. The van der Waals surface area contributed by atoms with Gasteiger partial charge in [-0.1, -0.05) is 6.07 Å². The van der Waals surface area contributed by atoms with Crippen molar-refractivity contribution in [3.63, 3.8) is 0 Å². The van der Waals surface area contributed by atoms with Crippen molar-refractivity contribution >= 4 is 23.5 Å². The molecule has 0 bridgehead atoms. The number of carbonyl (C=O) groups is 3. The Morgan fingerprint density at radius 1 is 1.15 bits per heavy atom. The van der Waals surface area contributed by atoms with E-state index in [1.165, 1.54) is 0 Å². The molecule has 0 atom stereocenters. The number of pyridine rings is 1. The smallest absolute Gasteiger partial charge is 0.338 e. The third kappa shape index (κ3) is 5.25. The lowest BCUT2D eigenvalue weighted by Crippen LogP contribution is -2.41. The highest BCUT2D eigenvalue weighted by Crippen LogP contribution is 2.23. The van der Waals surface area contributed by atoms with Crippen LogP contribution in [0.25, 0.3) is 11.3 Å². The lowest BCUT2D eigenvalue weighted by atomic mass is 9.95. The van der Waals surface area contributed by atoms with E-state index in [2.05, 4.69) is 20.5 Å². The maximum atomic E-state index is 12.9. The van der Waals surface area contributed by atoms with Gasteiger partial charge in [-0.3, -0.25) is 19.7 Å². The predicted molar refractivity (Wildman–Crippen MR) is 121 cm³/mol. The second-order valence-corrected chi connectivity index (χ2v) is 7.77. The Hall–Kier alpha value is -4.01. The molecule has 4 rings (SSSR count). The van der Waals surface area contributed by atoms with Crippen LogP contribution in [-0.2, 0) is 9.53 Å². The van der Waals surface area contributed by atoms with Crippen LogP contribution in [0.2, 0.25) is 0 Å². The first kappa shape index (κ1) is 22.2. The molecule has 33 heavy (non-hydrogen) atoms. The largest absolute Gasteiger partial charge is 0.462 e. The minimum atomic E-state index is -0.425. The second kappa shape index (κ2) is 10.1. The van der Waals surface area contributed by atoms with Gasteiger partial charge in [-0.15, -0.1) is 0 Å². The average molecular weight is 447 g/mol. The van der Waals surface area contributed by atoms with Crippen LogP contribution in [0.1, 0.15) is 40.6 Å². The van der Waals surface area contributed by atoms with E-state index in [-0.39, 0.29) is 24.3 Å². The Morgan fingerprint density at radius 2 is 1.97 bits per heavy atom. The SMILES string of the molecule is CCOC(=O)c1cccc(NC(=O)C2CCN(C(=O)c3cc(-c4cccnc4)n[nH]3)CC2)c1. The number of carbonyl (C=O) groups excluding carboxylic acids is 3. The zero-order valence-electron chi connectivity index (χ0n) is 18.3. The van der Waals surface area contributed by atoms with E-state index in [9.17, 15) is 14.4 Å². The fraction of sp³-hybridized carbons (Fsp3) is 0.292. The number of anilines is 1. The number of nitrogens with zero attached hydrogens (tertiary/aromatic N) is 3. The topological polar surface area (TPSA) is 117 Å².